The fourth-order valence-corrected chi connectivity index (χ4v) is 3.02. The van der Waals surface area contributed by atoms with Crippen molar-refractivity contribution in [3.63, 3.8) is 0 Å². The molecule has 0 aliphatic heterocycles. The normalized spacial score (nSPS) is 10.8. The third-order valence-corrected chi connectivity index (χ3v) is 4.39. The first-order chi connectivity index (χ1) is 11.0. The minimum atomic E-state index is -0.0559. The predicted molar refractivity (Wildman–Crippen MR) is 90.7 cm³/mol. The quantitative estimate of drug-likeness (QED) is 0.838. The number of aryl methyl sites for hydroxylation is 4. The van der Waals surface area contributed by atoms with E-state index in [1.54, 1.807) is 16.2 Å². The van der Waals surface area contributed by atoms with Gasteiger partial charge in [-0.2, -0.15) is 5.10 Å². The number of nitrogens with zero attached hydrogens (tertiary/aromatic N) is 5. The first kappa shape index (κ1) is 17.4. The van der Waals surface area contributed by atoms with Crippen LogP contribution in [0.5, 0.6) is 0 Å². The van der Waals surface area contributed by atoms with Gasteiger partial charge in [0, 0.05) is 38.8 Å². The zero-order chi connectivity index (χ0) is 16.8. The third-order valence-electron chi connectivity index (χ3n) is 3.50. The van der Waals surface area contributed by atoms with Crippen LogP contribution in [0.15, 0.2) is 6.07 Å². The van der Waals surface area contributed by atoms with Gasteiger partial charge in [0.05, 0.1) is 5.69 Å². The molecule has 0 radical (unpaired) electrons. The van der Waals surface area contributed by atoms with Crippen molar-refractivity contribution in [2.45, 2.75) is 40.2 Å². The molecule has 0 bridgehead atoms. The summed E-state index contributed by atoms with van der Waals surface area (Å²) in [6, 6.07) is 2.01. The van der Waals surface area contributed by atoms with E-state index in [1.165, 1.54) is 0 Å². The van der Waals surface area contributed by atoms with Crippen LogP contribution in [0.2, 0.25) is 0 Å². The molecule has 0 aliphatic carbocycles. The number of aromatic nitrogens is 4. The Morgan fingerprint density at radius 1 is 1.35 bits per heavy atom. The van der Waals surface area contributed by atoms with Gasteiger partial charge in [0.15, 0.2) is 0 Å². The molecule has 0 saturated heterocycles. The van der Waals surface area contributed by atoms with E-state index < -0.39 is 0 Å². The van der Waals surface area contributed by atoms with Gasteiger partial charge in [0.25, 0.3) is 0 Å². The second-order valence-electron chi connectivity index (χ2n) is 5.62. The van der Waals surface area contributed by atoms with Crippen molar-refractivity contribution in [1.29, 1.82) is 0 Å². The van der Waals surface area contributed by atoms with Crippen LogP contribution in [0.3, 0.4) is 0 Å². The maximum atomic E-state index is 12.0. The third kappa shape index (κ3) is 5.31. The summed E-state index contributed by atoms with van der Waals surface area (Å²) in [5, 5.41) is 17.2. The van der Waals surface area contributed by atoms with Gasteiger partial charge in [0.1, 0.15) is 10.0 Å². The van der Waals surface area contributed by atoms with Crippen molar-refractivity contribution >= 4 is 17.4 Å². The summed E-state index contributed by atoms with van der Waals surface area (Å²) in [6.45, 7) is 8.06. The lowest BCUT2D eigenvalue weighted by atomic mass is 10.3. The van der Waals surface area contributed by atoms with E-state index in [4.69, 9.17) is 0 Å². The Labute approximate surface area is 140 Å². The molecule has 0 aliphatic rings. The van der Waals surface area contributed by atoms with Crippen LogP contribution in [0.1, 0.15) is 27.8 Å². The second-order valence-corrected chi connectivity index (χ2v) is 6.89. The molecule has 0 fully saturated rings. The average Bonchev–Trinajstić information content (AvgIpc) is 3.04. The number of amides is 2. The largest absolute Gasteiger partial charge is 0.338 e. The van der Waals surface area contributed by atoms with Crippen molar-refractivity contribution in [3.8, 4) is 0 Å². The summed E-state index contributed by atoms with van der Waals surface area (Å²) < 4.78 is 1.98. The van der Waals surface area contributed by atoms with E-state index in [0.717, 1.165) is 40.8 Å². The second kappa shape index (κ2) is 8.05. The molecule has 2 aromatic heterocycles. The smallest absolute Gasteiger partial charge is 0.317 e. The molecule has 0 saturated carbocycles. The Kier molecular flexibility index (Phi) is 6.09. The molecule has 2 heterocycles. The minimum Gasteiger partial charge on any atom is -0.338 e. The van der Waals surface area contributed by atoms with Crippen molar-refractivity contribution in [2.24, 2.45) is 0 Å². The van der Waals surface area contributed by atoms with Crippen LogP contribution in [0.4, 0.5) is 4.79 Å². The SMILES string of the molecule is Cc1cc(C)n(CCCN(C)C(=O)NCCc2nnc(C)s2)n1. The zero-order valence-corrected chi connectivity index (χ0v) is 15.0. The number of rotatable bonds is 7. The Hall–Kier alpha value is -1.96. The lowest BCUT2D eigenvalue weighted by Crippen LogP contribution is -2.39. The molecular weight excluding hydrogens is 312 g/mol. The fraction of sp³-hybridized carbons (Fsp3) is 0.600. The van der Waals surface area contributed by atoms with E-state index in [9.17, 15) is 4.79 Å². The van der Waals surface area contributed by atoms with Crippen LogP contribution in [-0.4, -0.2) is 51.0 Å². The summed E-state index contributed by atoms with van der Waals surface area (Å²) >= 11 is 1.57. The van der Waals surface area contributed by atoms with E-state index in [1.807, 2.05) is 32.5 Å². The van der Waals surface area contributed by atoms with E-state index in [2.05, 4.69) is 26.7 Å². The van der Waals surface area contributed by atoms with Gasteiger partial charge < -0.3 is 10.2 Å². The molecule has 0 unspecified atom stereocenters. The highest BCUT2D eigenvalue weighted by Crippen LogP contribution is 2.07. The summed E-state index contributed by atoms with van der Waals surface area (Å²) in [6.07, 6.45) is 1.60. The van der Waals surface area contributed by atoms with Gasteiger partial charge in [0.2, 0.25) is 0 Å². The van der Waals surface area contributed by atoms with E-state index in [0.29, 0.717) is 13.1 Å². The Morgan fingerprint density at radius 3 is 2.74 bits per heavy atom. The highest BCUT2D eigenvalue weighted by atomic mass is 32.1. The highest BCUT2D eigenvalue weighted by Gasteiger charge is 2.09. The highest BCUT2D eigenvalue weighted by molar-refractivity contribution is 7.11. The average molecular weight is 336 g/mol. The molecule has 2 aromatic rings. The topological polar surface area (TPSA) is 75.9 Å². The van der Waals surface area contributed by atoms with Crippen molar-refractivity contribution in [1.82, 2.24) is 30.2 Å². The van der Waals surface area contributed by atoms with Crippen LogP contribution in [0, 0.1) is 20.8 Å². The van der Waals surface area contributed by atoms with Gasteiger partial charge in [-0.1, -0.05) is 0 Å². The van der Waals surface area contributed by atoms with Crippen molar-refractivity contribution in [3.05, 3.63) is 27.5 Å². The first-order valence-electron chi connectivity index (χ1n) is 7.74. The summed E-state index contributed by atoms with van der Waals surface area (Å²) in [5.74, 6) is 0. The zero-order valence-electron chi connectivity index (χ0n) is 14.2. The van der Waals surface area contributed by atoms with Crippen LogP contribution in [0.25, 0.3) is 0 Å². The standard InChI is InChI=1S/C15H24N6OS/c1-11-10-12(2)21(19-11)9-5-8-20(4)15(22)16-7-6-14-18-17-13(3)23-14/h10H,5-9H2,1-4H3,(H,16,22). The van der Waals surface area contributed by atoms with Gasteiger partial charge in [-0.25, -0.2) is 4.79 Å². The molecular formula is C15H24N6OS. The number of hydrogen-bond acceptors (Lipinski definition) is 5. The van der Waals surface area contributed by atoms with Crippen molar-refractivity contribution in [2.75, 3.05) is 20.1 Å². The Balaban J connectivity index is 1.65. The van der Waals surface area contributed by atoms with Crippen LogP contribution < -0.4 is 5.32 Å². The maximum Gasteiger partial charge on any atom is 0.317 e. The van der Waals surface area contributed by atoms with Crippen LogP contribution in [-0.2, 0) is 13.0 Å². The van der Waals surface area contributed by atoms with Gasteiger partial charge >= 0.3 is 6.03 Å². The molecule has 2 amide bonds. The molecule has 23 heavy (non-hydrogen) atoms. The molecule has 1 N–H and O–H groups in total. The monoisotopic (exact) mass is 336 g/mol. The minimum absolute atomic E-state index is 0.0559. The first-order valence-corrected chi connectivity index (χ1v) is 8.56. The van der Waals surface area contributed by atoms with Gasteiger partial charge in [-0.15, -0.1) is 21.5 Å². The molecule has 0 aromatic carbocycles. The van der Waals surface area contributed by atoms with E-state index in [-0.39, 0.29) is 6.03 Å². The molecule has 0 spiro atoms. The Morgan fingerprint density at radius 2 is 2.13 bits per heavy atom. The Bertz CT molecular complexity index is 650. The van der Waals surface area contributed by atoms with Crippen molar-refractivity contribution < 1.29 is 4.79 Å². The summed E-state index contributed by atoms with van der Waals surface area (Å²) in [4.78, 5) is 13.7. The van der Waals surface area contributed by atoms with Gasteiger partial charge in [-0.05, 0) is 33.3 Å². The summed E-state index contributed by atoms with van der Waals surface area (Å²) in [7, 11) is 1.81. The summed E-state index contributed by atoms with van der Waals surface area (Å²) in [5.41, 5.74) is 2.18. The molecule has 126 valence electrons. The predicted octanol–water partition coefficient (Wildman–Crippen LogP) is 1.93. The molecule has 2 rings (SSSR count). The lowest BCUT2D eigenvalue weighted by Gasteiger charge is -2.17. The number of carbonyl (C=O) groups is 1. The van der Waals surface area contributed by atoms with Crippen LogP contribution >= 0.6 is 11.3 Å². The number of nitrogens with one attached hydrogen (secondary N) is 1. The number of hydrogen-bond donors (Lipinski definition) is 1. The number of carbonyl (C=O) groups excluding carboxylic acids is 1. The van der Waals surface area contributed by atoms with Gasteiger partial charge in [-0.3, -0.25) is 4.68 Å². The molecule has 0 atom stereocenters. The molecule has 7 nitrogen and oxygen atoms in total. The molecule has 8 heteroatoms. The maximum absolute atomic E-state index is 12.0. The van der Waals surface area contributed by atoms with E-state index >= 15 is 0 Å². The lowest BCUT2D eigenvalue weighted by molar-refractivity contribution is 0.207. The number of urea groups is 1. The fourth-order valence-electron chi connectivity index (χ4n) is 2.31.